The van der Waals surface area contributed by atoms with Gasteiger partial charge in [0, 0.05) is 11.9 Å². The Morgan fingerprint density at radius 1 is 1.08 bits per heavy atom. The maximum absolute atomic E-state index is 11.9. The second-order valence-corrected chi connectivity index (χ2v) is 5.54. The molecule has 0 bridgehead atoms. The molecule has 0 atom stereocenters. The zero-order valence-electron chi connectivity index (χ0n) is 14.0. The lowest BCUT2D eigenvalue weighted by atomic mass is 10.0. The first-order valence-corrected chi connectivity index (χ1v) is 7.72. The van der Waals surface area contributed by atoms with Crippen molar-refractivity contribution in [2.45, 2.75) is 20.0 Å². The van der Waals surface area contributed by atoms with Gasteiger partial charge in [0.05, 0.1) is 11.7 Å². The third-order valence-electron chi connectivity index (χ3n) is 3.28. The number of nitrogens with zero attached hydrogens (tertiary/aromatic N) is 2. The van der Waals surface area contributed by atoms with Crippen LogP contribution < -0.4 is 5.32 Å². The predicted molar refractivity (Wildman–Crippen MR) is 95.4 cm³/mol. The Morgan fingerprint density at radius 2 is 1.76 bits per heavy atom. The average molecular weight is 331 g/mol. The van der Waals surface area contributed by atoms with Gasteiger partial charge in [-0.1, -0.05) is 24.3 Å². The number of carbonyl (C=O) groups excluding carboxylic acids is 1. The van der Waals surface area contributed by atoms with Gasteiger partial charge in [-0.25, -0.2) is 4.79 Å². The standard InChI is InChI=1S/C20H17N3O2/c1-14(2)25-20(24)17-8-6-16(7-9-17)18-4-3-5-19(10-18)23-13-15(11-21)12-22/h3-10,13-14,23H,1-2H3. The van der Waals surface area contributed by atoms with E-state index in [9.17, 15) is 4.79 Å². The van der Waals surface area contributed by atoms with Gasteiger partial charge < -0.3 is 10.1 Å². The molecule has 0 radical (unpaired) electrons. The monoisotopic (exact) mass is 331 g/mol. The Balaban J connectivity index is 2.18. The molecule has 2 rings (SSSR count). The molecule has 5 nitrogen and oxygen atoms in total. The molecule has 0 spiro atoms. The number of rotatable bonds is 5. The van der Waals surface area contributed by atoms with Gasteiger partial charge in [0.15, 0.2) is 0 Å². The minimum absolute atomic E-state index is 0.00146. The average Bonchev–Trinajstić information content (AvgIpc) is 2.62. The third kappa shape index (κ3) is 4.95. The van der Waals surface area contributed by atoms with Gasteiger partial charge in [-0.3, -0.25) is 0 Å². The van der Waals surface area contributed by atoms with Gasteiger partial charge in [0.2, 0.25) is 0 Å². The van der Waals surface area contributed by atoms with Crippen LogP contribution >= 0.6 is 0 Å². The Hall–Kier alpha value is -3.57. The minimum Gasteiger partial charge on any atom is -0.459 e. The Morgan fingerprint density at radius 3 is 2.36 bits per heavy atom. The highest BCUT2D eigenvalue weighted by Gasteiger charge is 2.09. The molecule has 124 valence electrons. The molecule has 1 N–H and O–H groups in total. The largest absolute Gasteiger partial charge is 0.459 e. The maximum Gasteiger partial charge on any atom is 0.338 e. The summed E-state index contributed by atoms with van der Waals surface area (Å²) in [4.78, 5) is 11.9. The molecule has 5 heteroatoms. The molecular weight excluding hydrogens is 314 g/mol. The van der Waals surface area contributed by atoms with E-state index < -0.39 is 0 Å². The van der Waals surface area contributed by atoms with Gasteiger partial charge in [-0.15, -0.1) is 0 Å². The highest BCUT2D eigenvalue weighted by molar-refractivity contribution is 5.90. The smallest absolute Gasteiger partial charge is 0.338 e. The molecule has 0 aliphatic rings. The van der Waals surface area contributed by atoms with Crippen LogP contribution in [0.25, 0.3) is 11.1 Å². The van der Waals surface area contributed by atoms with Gasteiger partial charge in [-0.05, 0) is 49.2 Å². The first-order chi connectivity index (χ1) is 12.0. The molecule has 2 aromatic carbocycles. The van der Waals surface area contributed by atoms with E-state index in [4.69, 9.17) is 15.3 Å². The lowest BCUT2D eigenvalue weighted by Crippen LogP contribution is -2.11. The molecule has 0 heterocycles. The summed E-state index contributed by atoms with van der Waals surface area (Å²) in [6.45, 7) is 3.62. The number of ether oxygens (including phenoxy) is 1. The van der Waals surface area contributed by atoms with Crippen molar-refractivity contribution in [3.63, 3.8) is 0 Å². The number of benzene rings is 2. The summed E-state index contributed by atoms with van der Waals surface area (Å²) in [7, 11) is 0. The van der Waals surface area contributed by atoms with E-state index in [0.29, 0.717) is 5.56 Å². The van der Waals surface area contributed by atoms with Crippen molar-refractivity contribution >= 4 is 11.7 Å². The highest BCUT2D eigenvalue weighted by atomic mass is 16.5. The lowest BCUT2D eigenvalue weighted by Gasteiger charge is -2.09. The normalized spacial score (nSPS) is 9.64. The molecule has 2 aromatic rings. The molecule has 0 saturated heterocycles. The topological polar surface area (TPSA) is 85.9 Å². The molecule has 0 aromatic heterocycles. The first-order valence-electron chi connectivity index (χ1n) is 7.72. The molecular formula is C20H17N3O2. The fraction of sp³-hybridized carbons (Fsp3) is 0.150. The Labute approximate surface area is 146 Å². The summed E-state index contributed by atoms with van der Waals surface area (Å²) in [6, 6.07) is 18.3. The van der Waals surface area contributed by atoms with Crippen molar-refractivity contribution in [2.75, 3.05) is 5.32 Å². The summed E-state index contributed by atoms with van der Waals surface area (Å²) in [5.74, 6) is -0.345. The predicted octanol–water partition coefficient (Wildman–Crippen LogP) is 4.26. The number of nitriles is 2. The highest BCUT2D eigenvalue weighted by Crippen LogP contribution is 2.23. The number of anilines is 1. The first kappa shape index (κ1) is 17.8. The van der Waals surface area contributed by atoms with Crippen molar-refractivity contribution in [3.8, 4) is 23.3 Å². The summed E-state index contributed by atoms with van der Waals surface area (Å²) < 4.78 is 5.17. The molecule has 0 saturated carbocycles. The van der Waals surface area contributed by atoms with E-state index in [0.717, 1.165) is 16.8 Å². The van der Waals surface area contributed by atoms with Crippen LogP contribution in [0.15, 0.2) is 60.3 Å². The second-order valence-electron chi connectivity index (χ2n) is 5.54. The van der Waals surface area contributed by atoms with Gasteiger partial charge in [-0.2, -0.15) is 10.5 Å². The third-order valence-corrected chi connectivity index (χ3v) is 3.28. The van der Waals surface area contributed by atoms with Gasteiger partial charge in [0.1, 0.15) is 17.7 Å². The van der Waals surface area contributed by atoms with E-state index in [1.165, 1.54) is 6.20 Å². The van der Waals surface area contributed by atoms with E-state index in [1.807, 2.05) is 50.2 Å². The molecule has 0 aliphatic carbocycles. The summed E-state index contributed by atoms with van der Waals surface area (Å²) in [5.41, 5.74) is 3.14. The quantitative estimate of drug-likeness (QED) is 0.653. The molecule has 0 fully saturated rings. The van der Waals surface area contributed by atoms with Crippen molar-refractivity contribution in [3.05, 3.63) is 65.9 Å². The molecule has 0 aliphatic heterocycles. The van der Waals surface area contributed by atoms with Crippen LogP contribution in [0.5, 0.6) is 0 Å². The van der Waals surface area contributed by atoms with E-state index >= 15 is 0 Å². The van der Waals surface area contributed by atoms with Crippen molar-refractivity contribution < 1.29 is 9.53 Å². The van der Waals surface area contributed by atoms with Crippen LogP contribution in [0.4, 0.5) is 5.69 Å². The lowest BCUT2D eigenvalue weighted by molar-refractivity contribution is 0.0378. The molecule has 25 heavy (non-hydrogen) atoms. The maximum atomic E-state index is 11.9. The number of hydrogen-bond donors (Lipinski definition) is 1. The van der Waals surface area contributed by atoms with E-state index in [-0.39, 0.29) is 17.6 Å². The number of carbonyl (C=O) groups is 1. The van der Waals surface area contributed by atoms with E-state index in [2.05, 4.69) is 5.32 Å². The number of hydrogen-bond acceptors (Lipinski definition) is 5. The SMILES string of the molecule is CC(C)OC(=O)c1ccc(-c2cccc(NC=C(C#N)C#N)c2)cc1. The van der Waals surface area contributed by atoms with Crippen LogP contribution in [0, 0.1) is 22.7 Å². The van der Waals surface area contributed by atoms with Gasteiger partial charge in [0.25, 0.3) is 0 Å². The number of allylic oxidation sites excluding steroid dienone is 1. The number of nitrogens with one attached hydrogen (secondary N) is 1. The fourth-order valence-corrected chi connectivity index (χ4v) is 2.11. The van der Waals surface area contributed by atoms with Crippen LogP contribution in [0.2, 0.25) is 0 Å². The van der Waals surface area contributed by atoms with Crippen molar-refractivity contribution in [1.29, 1.82) is 10.5 Å². The summed E-state index contributed by atoms with van der Waals surface area (Å²) in [6.07, 6.45) is 1.21. The molecule has 0 amide bonds. The zero-order valence-corrected chi connectivity index (χ0v) is 14.0. The van der Waals surface area contributed by atoms with Gasteiger partial charge >= 0.3 is 5.97 Å². The van der Waals surface area contributed by atoms with Crippen molar-refractivity contribution in [1.82, 2.24) is 0 Å². The Kier molecular flexibility index (Phi) is 5.92. The summed E-state index contributed by atoms with van der Waals surface area (Å²) in [5, 5.41) is 20.4. The fourth-order valence-electron chi connectivity index (χ4n) is 2.11. The summed E-state index contributed by atoms with van der Waals surface area (Å²) >= 11 is 0. The zero-order chi connectivity index (χ0) is 18.2. The molecule has 0 unspecified atom stereocenters. The van der Waals surface area contributed by atoms with E-state index in [1.54, 1.807) is 24.3 Å². The number of esters is 1. The minimum atomic E-state index is -0.345. The van der Waals surface area contributed by atoms with Crippen LogP contribution in [0.1, 0.15) is 24.2 Å². The van der Waals surface area contributed by atoms with Crippen LogP contribution in [0.3, 0.4) is 0 Å². The van der Waals surface area contributed by atoms with Crippen LogP contribution in [-0.2, 0) is 4.74 Å². The van der Waals surface area contributed by atoms with Crippen molar-refractivity contribution in [2.24, 2.45) is 0 Å². The van der Waals surface area contributed by atoms with Crippen LogP contribution in [-0.4, -0.2) is 12.1 Å². The second kappa shape index (κ2) is 8.33. The Bertz CT molecular complexity index is 853.